The van der Waals surface area contributed by atoms with Crippen molar-refractivity contribution in [2.45, 2.75) is 26.2 Å². The number of fused-ring (bicyclic) bond motifs is 1. The molecule has 3 heterocycles. The lowest BCUT2D eigenvalue weighted by molar-refractivity contribution is -0.146. The van der Waals surface area contributed by atoms with E-state index in [0.29, 0.717) is 28.1 Å². The predicted molar refractivity (Wildman–Crippen MR) is 110 cm³/mol. The summed E-state index contributed by atoms with van der Waals surface area (Å²) in [7, 11) is 0. The van der Waals surface area contributed by atoms with Gasteiger partial charge in [0.05, 0.1) is 28.8 Å². The summed E-state index contributed by atoms with van der Waals surface area (Å²) in [6, 6.07) is 7.67. The number of rotatable bonds is 5. The maximum atomic E-state index is 14.3. The number of imidazole rings is 2. The SMILES string of the molecule is CCn1c(Cn2ccnc2-c2cc(F)ccc2F)nc2cc(-n3nnnc3C(F)(F)F)ccc21. The van der Waals surface area contributed by atoms with Crippen molar-refractivity contribution in [3.63, 3.8) is 0 Å². The minimum absolute atomic E-state index is 0.00445. The molecular weight excluding hydrogens is 459 g/mol. The van der Waals surface area contributed by atoms with Crippen LogP contribution in [0.25, 0.3) is 28.1 Å². The molecule has 5 aromatic rings. The minimum Gasteiger partial charge on any atom is -0.327 e. The summed E-state index contributed by atoms with van der Waals surface area (Å²) in [6.45, 7) is 2.58. The first-order valence-electron chi connectivity index (χ1n) is 10.1. The molecule has 34 heavy (non-hydrogen) atoms. The molecule has 3 aromatic heterocycles. The number of nitrogens with zero attached hydrogens (tertiary/aromatic N) is 8. The highest BCUT2D eigenvalue weighted by atomic mass is 19.4. The lowest BCUT2D eigenvalue weighted by Gasteiger charge is -2.10. The van der Waals surface area contributed by atoms with Gasteiger partial charge in [-0.2, -0.15) is 17.9 Å². The van der Waals surface area contributed by atoms with Crippen LogP contribution in [0.4, 0.5) is 22.0 Å². The third-order valence-electron chi connectivity index (χ3n) is 5.29. The molecule has 5 rings (SSSR count). The Morgan fingerprint density at radius 3 is 2.62 bits per heavy atom. The molecule has 0 fully saturated rings. The van der Waals surface area contributed by atoms with E-state index in [4.69, 9.17) is 0 Å². The van der Waals surface area contributed by atoms with Gasteiger partial charge >= 0.3 is 6.18 Å². The fraction of sp³-hybridized carbons (Fsp3) is 0.190. The molecule has 0 atom stereocenters. The minimum atomic E-state index is -4.73. The smallest absolute Gasteiger partial charge is 0.327 e. The Morgan fingerprint density at radius 1 is 1.03 bits per heavy atom. The van der Waals surface area contributed by atoms with Crippen molar-refractivity contribution in [1.29, 1.82) is 0 Å². The number of alkyl halides is 3. The van der Waals surface area contributed by atoms with E-state index in [2.05, 4.69) is 25.5 Å². The van der Waals surface area contributed by atoms with Crippen LogP contribution in [0.5, 0.6) is 0 Å². The third kappa shape index (κ3) is 3.68. The summed E-state index contributed by atoms with van der Waals surface area (Å²) in [6.07, 6.45) is -1.65. The summed E-state index contributed by atoms with van der Waals surface area (Å²) < 4.78 is 71.7. The maximum Gasteiger partial charge on any atom is 0.453 e. The van der Waals surface area contributed by atoms with Crippen LogP contribution in [0.2, 0.25) is 0 Å². The number of hydrogen-bond donors (Lipinski definition) is 0. The molecule has 0 saturated carbocycles. The molecule has 0 N–H and O–H groups in total. The first kappa shape index (κ1) is 21.7. The fourth-order valence-electron chi connectivity index (χ4n) is 3.81. The Kier molecular flexibility index (Phi) is 5.10. The van der Waals surface area contributed by atoms with Crippen molar-refractivity contribution in [1.82, 2.24) is 39.3 Å². The molecule has 13 heteroatoms. The van der Waals surface area contributed by atoms with Gasteiger partial charge in [0.2, 0.25) is 0 Å². The highest BCUT2D eigenvalue weighted by Gasteiger charge is 2.38. The molecule has 0 unspecified atom stereocenters. The van der Waals surface area contributed by atoms with Gasteiger partial charge in [-0.1, -0.05) is 0 Å². The Morgan fingerprint density at radius 2 is 1.85 bits per heavy atom. The van der Waals surface area contributed by atoms with Gasteiger partial charge in [-0.3, -0.25) is 0 Å². The largest absolute Gasteiger partial charge is 0.453 e. The van der Waals surface area contributed by atoms with Crippen LogP contribution < -0.4 is 0 Å². The molecular formula is C21H15F5N8. The molecule has 2 aromatic carbocycles. The van der Waals surface area contributed by atoms with Gasteiger partial charge in [-0.25, -0.2) is 18.7 Å². The summed E-state index contributed by atoms with van der Waals surface area (Å²) in [5.74, 6) is -1.69. The van der Waals surface area contributed by atoms with Crippen LogP contribution in [0.3, 0.4) is 0 Å². The highest BCUT2D eigenvalue weighted by molar-refractivity contribution is 5.78. The average Bonchev–Trinajstić information content (AvgIpc) is 3.52. The van der Waals surface area contributed by atoms with Crippen LogP contribution in [0, 0.1) is 11.6 Å². The average molecular weight is 474 g/mol. The molecule has 0 spiro atoms. The fourth-order valence-corrected chi connectivity index (χ4v) is 3.81. The topological polar surface area (TPSA) is 79.2 Å². The molecule has 0 saturated heterocycles. The number of benzene rings is 2. The van der Waals surface area contributed by atoms with Crippen molar-refractivity contribution in [2.24, 2.45) is 0 Å². The number of aromatic nitrogens is 8. The lowest BCUT2D eigenvalue weighted by atomic mass is 10.2. The first-order chi connectivity index (χ1) is 16.3. The predicted octanol–water partition coefficient (Wildman–Crippen LogP) is 4.24. The number of hydrogen-bond acceptors (Lipinski definition) is 5. The Bertz CT molecular complexity index is 1500. The quantitative estimate of drug-likeness (QED) is 0.356. The van der Waals surface area contributed by atoms with Crippen molar-refractivity contribution in [2.75, 3.05) is 0 Å². The monoisotopic (exact) mass is 474 g/mol. The summed E-state index contributed by atoms with van der Waals surface area (Å²) >= 11 is 0. The van der Waals surface area contributed by atoms with E-state index in [1.54, 1.807) is 16.8 Å². The third-order valence-corrected chi connectivity index (χ3v) is 5.29. The van der Waals surface area contributed by atoms with Gasteiger partial charge in [-0.05, 0) is 53.7 Å². The number of tetrazole rings is 1. The van der Waals surface area contributed by atoms with Crippen molar-refractivity contribution in [3.8, 4) is 17.1 Å². The molecule has 8 nitrogen and oxygen atoms in total. The highest BCUT2D eigenvalue weighted by Crippen LogP contribution is 2.30. The van der Waals surface area contributed by atoms with Crippen LogP contribution >= 0.6 is 0 Å². The van der Waals surface area contributed by atoms with Gasteiger partial charge in [-0.15, -0.1) is 5.10 Å². The van der Waals surface area contributed by atoms with Crippen LogP contribution in [-0.2, 0) is 19.3 Å². The van der Waals surface area contributed by atoms with E-state index in [9.17, 15) is 22.0 Å². The Balaban J connectivity index is 1.56. The Labute approximate surface area is 188 Å². The molecule has 0 bridgehead atoms. The summed E-state index contributed by atoms with van der Waals surface area (Å²) in [5, 5.41) is 9.66. The zero-order valence-electron chi connectivity index (χ0n) is 17.5. The van der Waals surface area contributed by atoms with E-state index in [1.165, 1.54) is 18.3 Å². The first-order valence-corrected chi connectivity index (χ1v) is 10.1. The normalized spacial score (nSPS) is 12.1. The van der Waals surface area contributed by atoms with Crippen molar-refractivity contribution >= 4 is 11.0 Å². The molecule has 0 amide bonds. The zero-order chi connectivity index (χ0) is 24.0. The summed E-state index contributed by atoms with van der Waals surface area (Å²) in [4.78, 5) is 8.74. The molecule has 0 aliphatic carbocycles. The lowest BCUT2D eigenvalue weighted by Crippen LogP contribution is -2.14. The van der Waals surface area contributed by atoms with E-state index < -0.39 is 23.6 Å². The van der Waals surface area contributed by atoms with Crippen LogP contribution in [0.1, 0.15) is 18.6 Å². The summed E-state index contributed by atoms with van der Waals surface area (Å²) in [5.41, 5.74) is 1.21. The molecule has 0 aliphatic heterocycles. The van der Waals surface area contributed by atoms with E-state index in [-0.39, 0.29) is 23.6 Å². The maximum absolute atomic E-state index is 14.3. The second-order valence-corrected chi connectivity index (χ2v) is 7.36. The number of aryl methyl sites for hydroxylation is 1. The van der Waals surface area contributed by atoms with E-state index in [1.807, 2.05) is 11.5 Å². The van der Waals surface area contributed by atoms with E-state index >= 15 is 0 Å². The van der Waals surface area contributed by atoms with Crippen LogP contribution in [0.15, 0.2) is 48.8 Å². The number of halogens is 5. The van der Waals surface area contributed by atoms with Gasteiger partial charge in [0.25, 0.3) is 5.82 Å². The van der Waals surface area contributed by atoms with Gasteiger partial charge in [0.15, 0.2) is 0 Å². The van der Waals surface area contributed by atoms with Gasteiger partial charge in [0, 0.05) is 18.9 Å². The standard InChI is InChI=1S/C21H15F5N8/c1-2-33-17-6-4-13(34-20(21(24,25)26)29-30-31-34)10-16(17)28-18(33)11-32-8-7-27-19(32)14-9-12(22)3-5-15(14)23/h3-10H,2,11H2,1H3. The molecule has 0 radical (unpaired) electrons. The second kappa shape index (κ2) is 8.01. The zero-order valence-corrected chi connectivity index (χ0v) is 17.5. The van der Waals surface area contributed by atoms with Gasteiger partial charge < -0.3 is 9.13 Å². The Hall–Kier alpha value is -4.16. The van der Waals surface area contributed by atoms with Crippen LogP contribution in [-0.4, -0.2) is 39.3 Å². The van der Waals surface area contributed by atoms with Gasteiger partial charge in [0.1, 0.15) is 23.3 Å². The van der Waals surface area contributed by atoms with Crippen molar-refractivity contribution in [3.05, 3.63) is 72.1 Å². The van der Waals surface area contributed by atoms with E-state index in [0.717, 1.165) is 18.2 Å². The van der Waals surface area contributed by atoms with Crippen molar-refractivity contribution < 1.29 is 22.0 Å². The molecule has 0 aliphatic rings. The second-order valence-electron chi connectivity index (χ2n) is 7.36. The molecule has 174 valence electrons.